The lowest BCUT2D eigenvalue weighted by molar-refractivity contribution is -0.139. The van der Waals surface area contributed by atoms with Crippen LogP contribution < -0.4 is 5.32 Å². The van der Waals surface area contributed by atoms with Crippen LogP contribution in [0.25, 0.3) is 0 Å². The number of halogens is 3. The van der Waals surface area contributed by atoms with Gasteiger partial charge in [0, 0.05) is 16.2 Å². The third-order valence-corrected chi connectivity index (χ3v) is 4.30. The van der Waals surface area contributed by atoms with Crippen molar-refractivity contribution in [1.29, 1.82) is 0 Å². The van der Waals surface area contributed by atoms with Gasteiger partial charge in [-0.25, -0.2) is 4.79 Å². The smallest absolute Gasteiger partial charge is 0.417 e. The summed E-state index contributed by atoms with van der Waals surface area (Å²) in [4.78, 5) is 23.1. The van der Waals surface area contributed by atoms with Gasteiger partial charge in [0.2, 0.25) is 5.91 Å². The average molecular weight is 369 g/mol. The summed E-state index contributed by atoms with van der Waals surface area (Å²) in [5.74, 6) is -1.64. The van der Waals surface area contributed by atoms with Gasteiger partial charge < -0.3 is 10.4 Å². The van der Waals surface area contributed by atoms with Crippen molar-refractivity contribution in [3.05, 3.63) is 53.6 Å². The number of rotatable bonds is 5. The molecule has 0 aliphatic heterocycles. The number of carboxylic acids is 1. The molecule has 0 saturated heterocycles. The molecule has 0 saturated carbocycles. The number of aromatic carboxylic acids is 1. The first-order valence-electron chi connectivity index (χ1n) is 7.23. The van der Waals surface area contributed by atoms with E-state index in [9.17, 15) is 27.9 Å². The highest BCUT2D eigenvalue weighted by Crippen LogP contribution is 2.40. The zero-order valence-corrected chi connectivity index (χ0v) is 13.9. The van der Waals surface area contributed by atoms with Crippen LogP contribution >= 0.6 is 11.8 Å². The Labute approximate surface area is 146 Å². The fraction of sp³-hybridized carbons (Fsp3) is 0.176. The molecule has 2 aromatic rings. The van der Waals surface area contributed by atoms with Crippen LogP contribution in [0.4, 0.5) is 18.9 Å². The van der Waals surface area contributed by atoms with E-state index in [0.29, 0.717) is 4.90 Å². The number of hydrogen-bond acceptors (Lipinski definition) is 3. The lowest BCUT2D eigenvalue weighted by Crippen LogP contribution is -2.13. The second kappa shape index (κ2) is 7.60. The second-order valence-electron chi connectivity index (χ2n) is 5.01. The van der Waals surface area contributed by atoms with Crippen LogP contribution in [0, 0.1) is 0 Å². The molecule has 0 aliphatic rings. The van der Waals surface area contributed by atoms with Crippen LogP contribution in [-0.4, -0.2) is 17.0 Å². The summed E-state index contributed by atoms with van der Waals surface area (Å²) >= 11 is 0.810. The van der Waals surface area contributed by atoms with Crippen molar-refractivity contribution >= 4 is 29.3 Å². The summed E-state index contributed by atoms with van der Waals surface area (Å²) in [6, 6.07) is 9.14. The first kappa shape index (κ1) is 18.9. The highest BCUT2D eigenvalue weighted by Gasteiger charge is 2.33. The van der Waals surface area contributed by atoms with Crippen LogP contribution in [0.3, 0.4) is 0 Å². The minimum absolute atomic E-state index is 0.0308. The maximum Gasteiger partial charge on any atom is 0.417 e. The van der Waals surface area contributed by atoms with Crippen LogP contribution in [0.2, 0.25) is 0 Å². The highest BCUT2D eigenvalue weighted by atomic mass is 32.2. The Morgan fingerprint density at radius 3 is 2.44 bits per heavy atom. The molecule has 0 unspecified atom stereocenters. The van der Waals surface area contributed by atoms with Gasteiger partial charge in [-0.05, 0) is 30.3 Å². The SMILES string of the molecule is CCC(=O)Nc1ccc(Sc2ccccc2C(F)(F)F)cc1C(=O)O. The Hall–Kier alpha value is -2.48. The molecule has 2 N–H and O–H groups in total. The molecule has 2 aromatic carbocycles. The van der Waals surface area contributed by atoms with Gasteiger partial charge in [-0.15, -0.1) is 0 Å². The van der Waals surface area contributed by atoms with Gasteiger partial charge in [0.25, 0.3) is 0 Å². The van der Waals surface area contributed by atoms with Crippen molar-refractivity contribution in [2.75, 3.05) is 5.32 Å². The number of carbonyl (C=O) groups excluding carboxylic acids is 1. The van der Waals surface area contributed by atoms with E-state index in [0.717, 1.165) is 17.8 Å². The molecule has 8 heteroatoms. The van der Waals surface area contributed by atoms with E-state index in [1.54, 1.807) is 6.92 Å². The van der Waals surface area contributed by atoms with Crippen molar-refractivity contribution in [1.82, 2.24) is 0 Å². The minimum atomic E-state index is -4.51. The van der Waals surface area contributed by atoms with Crippen LogP contribution in [0.1, 0.15) is 29.3 Å². The molecule has 0 radical (unpaired) electrons. The number of nitrogens with one attached hydrogen (secondary N) is 1. The molecule has 25 heavy (non-hydrogen) atoms. The normalized spacial score (nSPS) is 11.2. The Morgan fingerprint density at radius 2 is 1.84 bits per heavy atom. The molecule has 0 aliphatic carbocycles. The number of carbonyl (C=O) groups is 2. The van der Waals surface area contributed by atoms with Gasteiger partial charge in [-0.1, -0.05) is 30.8 Å². The first-order valence-corrected chi connectivity index (χ1v) is 8.05. The molecule has 0 aromatic heterocycles. The van der Waals surface area contributed by atoms with Crippen molar-refractivity contribution in [2.45, 2.75) is 29.3 Å². The largest absolute Gasteiger partial charge is 0.478 e. The first-order chi connectivity index (χ1) is 11.7. The predicted molar refractivity (Wildman–Crippen MR) is 87.9 cm³/mol. The zero-order chi connectivity index (χ0) is 18.6. The van der Waals surface area contributed by atoms with Gasteiger partial charge in [-0.2, -0.15) is 13.2 Å². The number of alkyl halides is 3. The fourth-order valence-electron chi connectivity index (χ4n) is 2.03. The third-order valence-electron chi connectivity index (χ3n) is 3.24. The summed E-state index contributed by atoms with van der Waals surface area (Å²) in [7, 11) is 0. The van der Waals surface area contributed by atoms with Crippen LogP contribution in [0.15, 0.2) is 52.3 Å². The lowest BCUT2D eigenvalue weighted by Gasteiger charge is -2.13. The topological polar surface area (TPSA) is 66.4 Å². The number of benzene rings is 2. The summed E-state index contributed by atoms with van der Waals surface area (Å²) in [5.41, 5.74) is -0.871. The van der Waals surface area contributed by atoms with E-state index < -0.39 is 17.7 Å². The average Bonchev–Trinajstić information content (AvgIpc) is 2.55. The molecule has 0 heterocycles. The Morgan fingerprint density at radius 1 is 1.16 bits per heavy atom. The molecule has 2 rings (SSSR count). The van der Waals surface area contributed by atoms with Gasteiger partial charge in [0.05, 0.1) is 16.8 Å². The van der Waals surface area contributed by atoms with E-state index in [-0.39, 0.29) is 28.5 Å². The van der Waals surface area contributed by atoms with E-state index in [4.69, 9.17) is 0 Å². The maximum absolute atomic E-state index is 13.1. The Balaban J connectivity index is 2.38. The summed E-state index contributed by atoms with van der Waals surface area (Å²) < 4.78 is 39.2. The summed E-state index contributed by atoms with van der Waals surface area (Å²) in [6.07, 6.45) is -4.33. The van der Waals surface area contributed by atoms with Crippen LogP contribution in [0.5, 0.6) is 0 Å². The Kier molecular flexibility index (Phi) is 5.73. The van der Waals surface area contributed by atoms with Gasteiger partial charge in [-0.3, -0.25) is 4.79 Å². The van der Waals surface area contributed by atoms with Crippen molar-refractivity contribution in [2.24, 2.45) is 0 Å². The molecule has 0 bridgehead atoms. The van der Waals surface area contributed by atoms with Crippen molar-refractivity contribution in [3.8, 4) is 0 Å². The molecule has 1 amide bonds. The second-order valence-corrected chi connectivity index (χ2v) is 6.13. The van der Waals surface area contributed by atoms with Gasteiger partial charge in [0.15, 0.2) is 0 Å². The molecule has 0 fully saturated rings. The van der Waals surface area contributed by atoms with Gasteiger partial charge in [0.1, 0.15) is 0 Å². The number of amides is 1. The number of hydrogen-bond donors (Lipinski definition) is 2. The maximum atomic E-state index is 13.1. The quantitative estimate of drug-likeness (QED) is 0.786. The minimum Gasteiger partial charge on any atom is -0.478 e. The van der Waals surface area contributed by atoms with E-state index >= 15 is 0 Å². The monoisotopic (exact) mass is 369 g/mol. The third kappa shape index (κ3) is 4.76. The molecule has 4 nitrogen and oxygen atoms in total. The standard InChI is InChI=1S/C17H14F3NO3S/c1-2-15(22)21-13-8-7-10(9-11(13)16(23)24)25-14-6-4-3-5-12(14)17(18,19)20/h3-9H,2H2,1H3,(H,21,22)(H,23,24). The lowest BCUT2D eigenvalue weighted by atomic mass is 10.1. The molecular formula is C17H14F3NO3S. The van der Waals surface area contributed by atoms with Gasteiger partial charge >= 0.3 is 12.1 Å². The number of carboxylic acid groups (broad SMARTS) is 1. The predicted octanol–water partition coefficient (Wildman–Crippen LogP) is 4.90. The summed E-state index contributed by atoms with van der Waals surface area (Å²) in [5, 5.41) is 11.7. The summed E-state index contributed by atoms with van der Waals surface area (Å²) in [6.45, 7) is 1.62. The number of anilines is 1. The molecule has 0 atom stereocenters. The van der Waals surface area contributed by atoms with E-state index in [1.807, 2.05) is 0 Å². The van der Waals surface area contributed by atoms with Crippen LogP contribution in [-0.2, 0) is 11.0 Å². The fourth-order valence-corrected chi connectivity index (χ4v) is 3.04. The molecule has 0 spiro atoms. The Bertz CT molecular complexity index is 806. The molecular weight excluding hydrogens is 355 g/mol. The van der Waals surface area contributed by atoms with E-state index in [2.05, 4.69) is 5.32 Å². The van der Waals surface area contributed by atoms with E-state index in [1.165, 1.54) is 36.4 Å². The van der Waals surface area contributed by atoms with Crippen molar-refractivity contribution in [3.63, 3.8) is 0 Å². The zero-order valence-electron chi connectivity index (χ0n) is 13.1. The molecule has 132 valence electrons. The van der Waals surface area contributed by atoms with Crippen molar-refractivity contribution < 1.29 is 27.9 Å². The highest BCUT2D eigenvalue weighted by molar-refractivity contribution is 7.99.